The molecule has 1 fully saturated rings. The average molecular weight is 437 g/mol. The van der Waals surface area contributed by atoms with E-state index in [1.165, 1.54) is 0 Å². The first-order chi connectivity index (χ1) is 15.5. The maximum atomic E-state index is 12.5. The molecule has 1 unspecified atom stereocenters. The zero-order chi connectivity index (χ0) is 22.7. The number of carbonyl (C=O) groups is 3. The van der Waals surface area contributed by atoms with E-state index in [1.807, 2.05) is 31.2 Å². The summed E-state index contributed by atoms with van der Waals surface area (Å²) in [7, 11) is 0. The van der Waals surface area contributed by atoms with Crippen molar-refractivity contribution in [1.82, 2.24) is 10.6 Å². The van der Waals surface area contributed by atoms with Crippen LogP contribution >= 0.6 is 0 Å². The van der Waals surface area contributed by atoms with Crippen molar-refractivity contribution in [3.05, 3.63) is 59.7 Å². The second-order valence-corrected chi connectivity index (χ2v) is 8.50. The lowest BCUT2D eigenvalue weighted by Gasteiger charge is -2.20. The van der Waals surface area contributed by atoms with Gasteiger partial charge in [-0.05, 0) is 47.4 Å². The van der Waals surface area contributed by atoms with Gasteiger partial charge in [0.15, 0.2) is 0 Å². The third-order valence-corrected chi connectivity index (χ3v) is 6.27. The molecule has 32 heavy (non-hydrogen) atoms. The number of nitrogens with one attached hydrogen (secondary N) is 2. The average Bonchev–Trinajstić information content (AvgIpc) is 3.58. The first-order valence-electron chi connectivity index (χ1n) is 11.1. The van der Waals surface area contributed by atoms with Gasteiger partial charge in [-0.2, -0.15) is 0 Å². The summed E-state index contributed by atoms with van der Waals surface area (Å²) >= 11 is 0. The largest absolute Gasteiger partial charge is 0.480 e. The van der Waals surface area contributed by atoms with Gasteiger partial charge in [0.2, 0.25) is 5.91 Å². The van der Waals surface area contributed by atoms with E-state index in [1.54, 1.807) is 0 Å². The summed E-state index contributed by atoms with van der Waals surface area (Å²) in [6, 6.07) is 14.9. The molecule has 0 aliphatic heterocycles. The molecular weight excluding hydrogens is 408 g/mol. The molecule has 0 heterocycles. The van der Waals surface area contributed by atoms with Crippen molar-refractivity contribution in [2.45, 2.75) is 50.6 Å². The molecule has 2 aliphatic rings. The van der Waals surface area contributed by atoms with Gasteiger partial charge in [-0.15, -0.1) is 0 Å². The monoisotopic (exact) mass is 436 g/mol. The van der Waals surface area contributed by atoms with E-state index in [4.69, 9.17) is 4.74 Å². The highest BCUT2D eigenvalue weighted by Crippen LogP contribution is 2.44. The van der Waals surface area contributed by atoms with Gasteiger partial charge in [-0.1, -0.05) is 55.5 Å². The predicted octanol–water partition coefficient (Wildman–Crippen LogP) is 3.67. The summed E-state index contributed by atoms with van der Waals surface area (Å²) in [5.41, 5.74) is 4.58. The van der Waals surface area contributed by atoms with Crippen LogP contribution in [0.4, 0.5) is 4.79 Å². The number of carbonyl (C=O) groups excluding carboxylic acids is 2. The van der Waals surface area contributed by atoms with Crippen LogP contribution in [0, 0.1) is 5.92 Å². The van der Waals surface area contributed by atoms with Crippen molar-refractivity contribution in [2.75, 3.05) is 6.61 Å². The molecule has 0 aromatic heterocycles. The first-order valence-corrected chi connectivity index (χ1v) is 11.1. The fraction of sp³-hybridized carbons (Fsp3) is 0.400. The van der Waals surface area contributed by atoms with Crippen molar-refractivity contribution in [3.63, 3.8) is 0 Å². The van der Waals surface area contributed by atoms with Gasteiger partial charge >= 0.3 is 12.1 Å². The molecule has 7 nitrogen and oxygen atoms in total. The number of alkyl carbamates (subject to hydrolysis) is 1. The van der Waals surface area contributed by atoms with E-state index in [0.29, 0.717) is 6.42 Å². The quantitative estimate of drug-likeness (QED) is 0.556. The fourth-order valence-corrected chi connectivity index (χ4v) is 4.37. The molecule has 0 bridgehead atoms. The smallest absolute Gasteiger partial charge is 0.407 e. The van der Waals surface area contributed by atoms with E-state index < -0.39 is 24.1 Å². The number of hydrogen-bond acceptors (Lipinski definition) is 4. The molecular formula is C25H28N2O5. The standard InChI is InChI=1S/C25H28N2O5/c1-2-16(13-22(28)27-23(24(29)30)15-11-12-15)26-25(31)32-14-21-19-9-5-3-7-17(19)18-8-4-6-10-20(18)21/h3-10,15-16,21,23H,2,11-14H2,1H3,(H,26,31)(H,27,28)(H,29,30)/t16-,23?/m1/s1. The maximum Gasteiger partial charge on any atom is 0.407 e. The summed E-state index contributed by atoms with van der Waals surface area (Å²) in [6.45, 7) is 2.06. The minimum absolute atomic E-state index is 0.00613. The van der Waals surface area contributed by atoms with Crippen molar-refractivity contribution >= 4 is 18.0 Å². The summed E-state index contributed by atoms with van der Waals surface area (Å²) in [6.07, 6.45) is 1.58. The van der Waals surface area contributed by atoms with Gasteiger partial charge < -0.3 is 20.5 Å². The Hall–Kier alpha value is -3.35. The fourth-order valence-electron chi connectivity index (χ4n) is 4.37. The number of hydrogen-bond donors (Lipinski definition) is 3. The Kier molecular flexibility index (Phi) is 6.44. The molecule has 2 aromatic carbocycles. The molecule has 2 aliphatic carbocycles. The maximum absolute atomic E-state index is 12.5. The highest BCUT2D eigenvalue weighted by molar-refractivity contribution is 5.84. The highest BCUT2D eigenvalue weighted by atomic mass is 16.5. The molecule has 168 valence electrons. The van der Waals surface area contributed by atoms with Crippen LogP contribution in [0.2, 0.25) is 0 Å². The van der Waals surface area contributed by atoms with Gasteiger partial charge in [-0.3, -0.25) is 4.79 Å². The molecule has 0 saturated heterocycles. The van der Waals surface area contributed by atoms with Crippen LogP contribution in [-0.4, -0.2) is 41.8 Å². The number of amides is 2. The van der Waals surface area contributed by atoms with Crippen molar-refractivity contribution < 1.29 is 24.2 Å². The number of fused-ring (bicyclic) bond motifs is 3. The lowest BCUT2D eigenvalue weighted by Crippen LogP contribution is -2.45. The Morgan fingerprint density at radius 3 is 2.12 bits per heavy atom. The molecule has 2 aromatic rings. The SMILES string of the molecule is CC[C@H](CC(=O)NC(C(=O)O)C1CC1)NC(=O)OCC1c2ccccc2-c2ccccc21. The summed E-state index contributed by atoms with van der Waals surface area (Å²) in [5, 5.41) is 14.6. The van der Waals surface area contributed by atoms with E-state index in [-0.39, 0.29) is 30.8 Å². The Bertz CT molecular complexity index is 971. The van der Waals surface area contributed by atoms with Crippen LogP contribution in [0.25, 0.3) is 11.1 Å². The first kappa shape index (κ1) is 21.9. The molecule has 2 amide bonds. The molecule has 0 spiro atoms. The van der Waals surface area contributed by atoms with Crippen LogP contribution < -0.4 is 10.6 Å². The molecule has 0 radical (unpaired) electrons. The molecule has 2 atom stereocenters. The Labute approximate surface area is 187 Å². The molecule has 3 N–H and O–H groups in total. The third-order valence-electron chi connectivity index (χ3n) is 6.27. The summed E-state index contributed by atoms with van der Waals surface area (Å²) in [5.74, 6) is -1.42. The topological polar surface area (TPSA) is 105 Å². The minimum Gasteiger partial charge on any atom is -0.480 e. The van der Waals surface area contributed by atoms with Gasteiger partial charge in [0.05, 0.1) is 0 Å². The number of ether oxygens (including phenoxy) is 1. The number of rotatable bonds is 9. The van der Waals surface area contributed by atoms with Crippen molar-refractivity contribution in [2.24, 2.45) is 5.92 Å². The predicted molar refractivity (Wildman–Crippen MR) is 119 cm³/mol. The van der Waals surface area contributed by atoms with E-state index in [2.05, 4.69) is 34.9 Å². The van der Waals surface area contributed by atoms with E-state index in [9.17, 15) is 19.5 Å². The highest BCUT2D eigenvalue weighted by Gasteiger charge is 2.37. The van der Waals surface area contributed by atoms with Crippen molar-refractivity contribution in [1.29, 1.82) is 0 Å². The van der Waals surface area contributed by atoms with Gasteiger partial charge in [0, 0.05) is 18.4 Å². The van der Waals surface area contributed by atoms with Crippen molar-refractivity contribution in [3.8, 4) is 11.1 Å². The van der Waals surface area contributed by atoms with Crippen LogP contribution in [0.5, 0.6) is 0 Å². The third kappa shape index (κ3) is 4.77. The zero-order valence-corrected chi connectivity index (χ0v) is 18.0. The zero-order valence-electron chi connectivity index (χ0n) is 18.0. The van der Waals surface area contributed by atoms with E-state index in [0.717, 1.165) is 35.1 Å². The Morgan fingerprint density at radius 2 is 1.59 bits per heavy atom. The van der Waals surface area contributed by atoms with Crippen LogP contribution in [0.15, 0.2) is 48.5 Å². The lowest BCUT2D eigenvalue weighted by molar-refractivity contribution is -0.142. The number of benzene rings is 2. The van der Waals surface area contributed by atoms with Crippen LogP contribution in [-0.2, 0) is 14.3 Å². The van der Waals surface area contributed by atoms with Crippen LogP contribution in [0.1, 0.15) is 49.7 Å². The summed E-state index contributed by atoms with van der Waals surface area (Å²) < 4.78 is 5.55. The van der Waals surface area contributed by atoms with Gasteiger partial charge in [0.1, 0.15) is 12.6 Å². The molecule has 7 heteroatoms. The molecule has 1 saturated carbocycles. The molecule has 4 rings (SSSR count). The second kappa shape index (κ2) is 9.42. The van der Waals surface area contributed by atoms with E-state index >= 15 is 0 Å². The minimum atomic E-state index is -1.02. The lowest BCUT2D eigenvalue weighted by atomic mass is 9.98. The number of aliphatic carboxylic acids is 1. The Balaban J connectivity index is 1.32. The van der Waals surface area contributed by atoms with Gasteiger partial charge in [-0.25, -0.2) is 9.59 Å². The Morgan fingerprint density at radius 1 is 1.00 bits per heavy atom. The number of carboxylic acids is 1. The second-order valence-electron chi connectivity index (χ2n) is 8.50. The van der Waals surface area contributed by atoms with Gasteiger partial charge in [0.25, 0.3) is 0 Å². The number of carboxylic acid groups (broad SMARTS) is 1. The van der Waals surface area contributed by atoms with Crippen LogP contribution in [0.3, 0.4) is 0 Å². The summed E-state index contributed by atoms with van der Waals surface area (Å²) in [4.78, 5) is 36.1. The normalized spacial score (nSPS) is 16.4.